The van der Waals surface area contributed by atoms with Crippen molar-refractivity contribution >= 4 is 16.0 Å². The van der Waals surface area contributed by atoms with Gasteiger partial charge in [-0.25, -0.2) is 13.1 Å². The molecule has 0 fully saturated rings. The van der Waals surface area contributed by atoms with Crippen LogP contribution >= 0.6 is 0 Å². The van der Waals surface area contributed by atoms with Crippen molar-refractivity contribution in [1.29, 1.82) is 0 Å². The number of ether oxygens (including phenoxy) is 1. The number of sulfonamides is 1. The van der Waals surface area contributed by atoms with Crippen LogP contribution in [0.25, 0.3) is 0 Å². The monoisotopic (exact) mass is 301 g/mol. The van der Waals surface area contributed by atoms with Gasteiger partial charge < -0.3 is 9.84 Å². The first kappa shape index (κ1) is 16.6. The molecule has 112 valence electrons. The number of carboxylic acids is 1. The highest BCUT2D eigenvalue weighted by atomic mass is 32.2. The lowest BCUT2D eigenvalue weighted by molar-refractivity contribution is -0.137. The lowest BCUT2D eigenvalue weighted by Crippen LogP contribution is -2.30. The number of hydrogen-bond donors (Lipinski definition) is 2. The van der Waals surface area contributed by atoms with E-state index in [4.69, 9.17) is 9.84 Å². The van der Waals surface area contributed by atoms with Crippen molar-refractivity contribution in [3.05, 3.63) is 35.9 Å². The standard InChI is InChI=1S/C13H19NO5S/c1-19-12(11-6-3-2-4-7-11)10-20(17,18)14-9-5-8-13(15)16/h2-4,6-7,12,14H,5,8-10H2,1H3,(H,15,16). The lowest BCUT2D eigenvalue weighted by atomic mass is 10.1. The average molecular weight is 301 g/mol. The second kappa shape index (κ2) is 7.98. The van der Waals surface area contributed by atoms with Crippen molar-refractivity contribution in [3.63, 3.8) is 0 Å². The van der Waals surface area contributed by atoms with Crippen molar-refractivity contribution in [2.24, 2.45) is 0 Å². The van der Waals surface area contributed by atoms with Gasteiger partial charge in [-0.3, -0.25) is 4.79 Å². The highest BCUT2D eigenvalue weighted by molar-refractivity contribution is 7.89. The minimum atomic E-state index is -3.51. The van der Waals surface area contributed by atoms with Crippen LogP contribution in [0, 0.1) is 0 Å². The summed E-state index contributed by atoms with van der Waals surface area (Å²) in [4.78, 5) is 10.3. The molecule has 1 aromatic rings. The van der Waals surface area contributed by atoms with Gasteiger partial charge in [-0.15, -0.1) is 0 Å². The van der Waals surface area contributed by atoms with E-state index in [1.165, 1.54) is 7.11 Å². The normalized spacial score (nSPS) is 13.1. The van der Waals surface area contributed by atoms with Crippen molar-refractivity contribution in [2.75, 3.05) is 19.4 Å². The van der Waals surface area contributed by atoms with Gasteiger partial charge in [-0.2, -0.15) is 0 Å². The highest BCUT2D eigenvalue weighted by Gasteiger charge is 2.19. The zero-order valence-electron chi connectivity index (χ0n) is 11.3. The van der Waals surface area contributed by atoms with Crippen LogP contribution in [-0.2, 0) is 19.6 Å². The Hall–Kier alpha value is -1.44. The van der Waals surface area contributed by atoms with E-state index in [0.717, 1.165) is 5.56 Å². The van der Waals surface area contributed by atoms with E-state index < -0.39 is 22.1 Å². The Kier molecular flexibility index (Phi) is 6.63. The molecule has 0 aliphatic heterocycles. The molecule has 0 heterocycles. The zero-order valence-corrected chi connectivity index (χ0v) is 12.1. The number of carboxylic acid groups (broad SMARTS) is 1. The third-order valence-corrected chi connectivity index (χ3v) is 4.10. The molecular formula is C13H19NO5S. The molecule has 6 nitrogen and oxygen atoms in total. The number of aliphatic carboxylic acids is 1. The second-order valence-electron chi connectivity index (χ2n) is 4.31. The van der Waals surface area contributed by atoms with E-state index in [0.29, 0.717) is 0 Å². The molecule has 1 rings (SSSR count). The SMILES string of the molecule is COC(CS(=O)(=O)NCCCC(=O)O)c1ccccc1. The molecule has 1 aromatic carbocycles. The summed E-state index contributed by atoms with van der Waals surface area (Å²) in [5, 5.41) is 8.48. The Morgan fingerprint density at radius 3 is 2.55 bits per heavy atom. The van der Waals surface area contributed by atoms with Crippen molar-refractivity contribution in [3.8, 4) is 0 Å². The average Bonchev–Trinajstić information content (AvgIpc) is 2.42. The predicted octanol–water partition coefficient (Wildman–Crippen LogP) is 1.16. The first-order valence-corrected chi connectivity index (χ1v) is 7.86. The number of benzene rings is 1. The summed E-state index contributed by atoms with van der Waals surface area (Å²) in [6.45, 7) is 0.111. The quantitative estimate of drug-likeness (QED) is 0.668. The van der Waals surface area contributed by atoms with Gasteiger partial charge >= 0.3 is 5.97 Å². The van der Waals surface area contributed by atoms with E-state index in [1.807, 2.05) is 18.2 Å². The minimum Gasteiger partial charge on any atom is -0.481 e. The fourth-order valence-electron chi connectivity index (χ4n) is 1.69. The van der Waals surface area contributed by atoms with Gasteiger partial charge in [-0.1, -0.05) is 30.3 Å². The fraction of sp³-hybridized carbons (Fsp3) is 0.462. The summed E-state index contributed by atoms with van der Waals surface area (Å²) >= 11 is 0. The van der Waals surface area contributed by atoms with Crippen LogP contribution in [-0.4, -0.2) is 38.9 Å². The van der Waals surface area contributed by atoms with E-state index in [-0.39, 0.29) is 25.1 Å². The molecule has 2 N–H and O–H groups in total. The van der Waals surface area contributed by atoms with Gasteiger partial charge in [0.2, 0.25) is 10.0 Å². The van der Waals surface area contributed by atoms with Crippen LogP contribution in [0.3, 0.4) is 0 Å². The Morgan fingerprint density at radius 2 is 2.00 bits per heavy atom. The maximum Gasteiger partial charge on any atom is 0.303 e. The van der Waals surface area contributed by atoms with Gasteiger partial charge in [0.15, 0.2) is 0 Å². The maximum atomic E-state index is 11.9. The van der Waals surface area contributed by atoms with Crippen LogP contribution in [0.1, 0.15) is 24.5 Å². The van der Waals surface area contributed by atoms with Crippen LogP contribution in [0.4, 0.5) is 0 Å². The summed E-state index contributed by atoms with van der Waals surface area (Å²) in [5.74, 6) is -1.14. The molecule has 20 heavy (non-hydrogen) atoms. The van der Waals surface area contributed by atoms with E-state index in [9.17, 15) is 13.2 Å². The van der Waals surface area contributed by atoms with Gasteiger partial charge in [0.25, 0.3) is 0 Å². The van der Waals surface area contributed by atoms with Gasteiger partial charge in [0.05, 0.1) is 11.9 Å². The van der Waals surface area contributed by atoms with E-state index >= 15 is 0 Å². The van der Waals surface area contributed by atoms with Crippen molar-refractivity contribution < 1.29 is 23.1 Å². The van der Waals surface area contributed by atoms with E-state index in [2.05, 4.69) is 4.72 Å². The Labute approximate surface area is 118 Å². The molecule has 0 saturated carbocycles. The van der Waals surface area contributed by atoms with E-state index in [1.54, 1.807) is 12.1 Å². The number of hydrogen-bond acceptors (Lipinski definition) is 4. The Morgan fingerprint density at radius 1 is 1.35 bits per heavy atom. The highest BCUT2D eigenvalue weighted by Crippen LogP contribution is 2.17. The first-order chi connectivity index (χ1) is 9.44. The Bertz CT molecular complexity index is 515. The molecule has 0 saturated heterocycles. The van der Waals surface area contributed by atoms with Gasteiger partial charge in [-0.05, 0) is 12.0 Å². The number of rotatable bonds is 9. The molecule has 0 radical (unpaired) electrons. The first-order valence-electron chi connectivity index (χ1n) is 6.21. The lowest BCUT2D eigenvalue weighted by Gasteiger charge is -2.16. The smallest absolute Gasteiger partial charge is 0.303 e. The molecule has 0 spiro atoms. The number of nitrogens with one attached hydrogen (secondary N) is 1. The summed E-state index contributed by atoms with van der Waals surface area (Å²) in [6.07, 6.45) is -0.347. The van der Waals surface area contributed by atoms with Crippen molar-refractivity contribution in [1.82, 2.24) is 4.72 Å². The molecule has 1 unspecified atom stereocenters. The Balaban J connectivity index is 2.53. The molecule has 0 aliphatic rings. The molecular weight excluding hydrogens is 282 g/mol. The largest absolute Gasteiger partial charge is 0.481 e. The van der Waals surface area contributed by atoms with Gasteiger partial charge in [0.1, 0.15) is 0 Å². The fourth-order valence-corrected chi connectivity index (χ4v) is 2.99. The number of carbonyl (C=O) groups is 1. The van der Waals surface area contributed by atoms with Crippen LogP contribution < -0.4 is 4.72 Å². The van der Waals surface area contributed by atoms with Crippen molar-refractivity contribution in [2.45, 2.75) is 18.9 Å². The summed E-state index contributed by atoms with van der Waals surface area (Å²) in [6, 6.07) is 9.07. The van der Waals surface area contributed by atoms with Crippen LogP contribution in [0.5, 0.6) is 0 Å². The maximum absolute atomic E-state index is 11.9. The third-order valence-electron chi connectivity index (χ3n) is 2.72. The molecule has 0 aromatic heterocycles. The molecule has 0 amide bonds. The molecule has 0 bridgehead atoms. The summed E-state index contributed by atoms with van der Waals surface area (Å²) in [7, 11) is -2.05. The summed E-state index contributed by atoms with van der Waals surface area (Å²) in [5.41, 5.74) is 0.783. The molecule has 7 heteroatoms. The second-order valence-corrected chi connectivity index (χ2v) is 6.16. The van der Waals surface area contributed by atoms with Crippen LogP contribution in [0.2, 0.25) is 0 Å². The minimum absolute atomic E-state index is 0.0606. The topological polar surface area (TPSA) is 92.7 Å². The molecule has 1 atom stereocenters. The number of methoxy groups -OCH3 is 1. The third kappa shape index (κ3) is 6.14. The summed E-state index contributed by atoms with van der Waals surface area (Å²) < 4.78 is 31.3. The molecule has 0 aliphatic carbocycles. The zero-order chi connectivity index (χ0) is 15.0. The van der Waals surface area contributed by atoms with Crippen LogP contribution in [0.15, 0.2) is 30.3 Å². The predicted molar refractivity (Wildman–Crippen MR) is 74.9 cm³/mol. The van der Waals surface area contributed by atoms with Gasteiger partial charge in [0, 0.05) is 20.1 Å².